The molecule has 0 saturated heterocycles. The van der Waals surface area contributed by atoms with Gasteiger partial charge < -0.3 is 0 Å². The number of fused-ring (bicyclic) bond motifs is 1. The van der Waals surface area contributed by atoms with Crippen molar-refractivity contribution < 1.29 is 0 Å². The molecular formula is C17H16S3. The Hall–Kier alpha value is -0.900. The van der Waals surface area contributed by atoms with E-state index < -0.39 is 0 Å². The van der Waals surface area contributed by atoms with Crippen LogP contribution in [0.25, 0.3) is 19.5 Å². The van der Waals surface area contributed by atoms with E-state index in [-0.39, 0.29) is 0 Å². The molecule has 0 atom stereocenters. The van der Waals surface area contributed by atoms with Gasteiger partial charge in [-0.3, -0.25) is 0 Å². The summed E-state index contributed by atoms with van der Waals surface area (Å²) < 4.78 is 0. The number of thiophene rings is 3. The third-order valence-corrected chi connectivity index (χ3v) is 7.74. The Bertz CT molecular complexity index is 707. The van der Waals surface area contributed by atoms with E-state index in [1.54, 1.807) is 20.9 Å². The highest BCUT2D eigenvalue weighted by Gasteiger charge is 2.26. The van der Waals surface area contributed by atoms with Crippen molar-refractivity contribution in [1.29, 1.82) is 0 Å². The summed E-state index contributed by atoms with van der Waals surface area (Å²) in [5.41, 5.74) is 6.15. The highest BCUT2D eigenvalue weighted by Crippen LogP contribution is 2.49. The van der Waals surface area contributed by atoms with Crippen molar-refractivity contribution in [1.82, 2.24) is 0 Å². The highest BCUT2D eigenvalue weighted by atomic mass is 32.1. The monoisotopic (exact) mass is 316 g/mol. The van der Waals surface area contributed by atoms with Crippen LogP contribution in [0.2, 0.25) is 0 Å². The van der Waals surface area contributed by atoms with Gasteiger partial charge in [0.25, 0.3) is 0 Å². The third-order valence-electron chi connectivity index (χ3n) is 4.11. The summed E-state index contributed by atoms with van der Waals surface area (Å²) >= 11 is 5.82. The van der Waals surface area contributed by atoms with E-state index in [2.05, 4.69) is 36.7 Å². The van der Waals surface area contributed by atoms with Crippen LogP contribution in [0.1, 0.15) is 28.7 Å². The molecule has 4 rings (SSSR count). The number of hydrogen-bond acceptors (Lipinski definition) is 3. The molecule has 0 saturated carbocycles. The van der Waals surface area contributed by atoms with Gasteiger partial charge in [0.15, 0.2) is 0 Å². The van der Waals surface area contributed by atoms with E-state index in [0.29, 0.717) is 0 Å². The molecule has 1 aliphatic rings. The molecule has 3 heteroatoms. The average molecular weight is 317 g/mol. The second-order valence-electron chi connectivity index (χ2n) is 5.44. The largest absolute Gasteiger partial charge is 0.143 e. The molecule has 1 aliphatic carbocycles. The van der Waals surface area contributed by atoms with Crippen molar-refractivity contribution in [3.8, 4) is 19.5 Å². The van der Waals surface area contributed by atoms with Crippen LogP contribution in [0.3, 0.4) is 0 Å². The van der Waals surface area contributed by atoms with Gasteiger partial charge in [0, 0.05) is 19.5 Å². The summed E-state index contributed by atoms with van der Waals surface area (Å²) in [5.74, 6) is 0. The van der Waals surface area contributed by atoms with Crippen molar-refractivity contribution in [2.24, 2.45) is 0 Å². The predicted octanol–water partition coefficient (Wildman–Crippen LogP) is 6.31. The van der Waals surface area contributed by atoms with Crippen molar-refractivity contribution in [2.75, 3.05) is 0 Å². The summed E-state index contributed by atoms with van der Waals surface area (Å²) in [5, 5.41) is 4.45. The smallest absolute Gasteiger partial charge is 0.0487 e. The van der Waals surface area contributed by atoms with Gasteiger partial charge in [0.1, 0.15) is 0 Å². The molecule has 0 radical (unpaired) electrons. The first-order chi connectivity index (χ1) is 9.75. The molecule has 3 heterocycles. The van der Waals surface area contributed by atoms with Gasteiger partial charge in [-0.2, -0.15) is 0 Å². The molecule has 0 spiro atoms. The minimum atomic E-state index is 1.27. The van der Waals surface area contributed by atoms with Gasteiger partial charge in [-0.25, -0.2) is 0 Å². The molecule has 0 unspecified atom stereocenters. The maximum atomic E-state index is 2.25. The van der Waals surface area contributed by atoms with E-state index in [1.807, 2.05) is 34.0 Å². The fourth-order valence-corrected chi connectivity index (χ4v) is 6.78. The minimum Gasteiger partial charge on any atom is -0.143 e. The lowest BCUT2D eigenvalue weighted by molar-refractivity contribution is 0.912. The first kappa shape index (κ1) is 12.8. The van der Waals surface area contributed by atoms with E-state index in [4.69, 9.17) is 0 Å². The summed E-state index contributed by atoms with van der Waals surface area (Å²) in [4.78, 5) is 6.09. The maximum Gasteiger partial charge on any atom is 0.0487 e. The molecule has 3 aromatic heterocycles. The van der Waals surface area contributed by atoms with Crippen LogP contribution in [-0.4, -0.2) is 0 Å². The predicted molar refractivity (Wildman–Crippen MR) is 92.4 cm³/mol. The average Bonchev–Trinajstić information content (AvgIpc) is 3.13. The Kier molecular flexibility index (Phi) is 3.09. The lowest BCUT2D eigenvalue weighted by Crippen LogP contribution is -1.80. The topological polar surface area (TPSA) is 0 Å². The first-order valence-electron chi connectivity index (χ1n) is 6.99. The van der Waals surface area contributed by atoms with Gasteiger partial charge in [-0.05, 0) is 78.3 Å². The molecule has 0 fully saturated rings. The second kappa shape index (κ2) is 4.83. The van der Waals surface area contributed by atoms with Crippen LogP contribution in [0, 0.1) is 13.8 Å². The van der Waals surface area contributed by atoms with Crippen LogP contribution in [0.4, 0.5) is 0 Å². The second-order valence-corrected chi connectivity index (χ2v) is 8.29. The normalized spacial score (nSPS) is 13.9. The van der Waals surface area contributed by atoms with Crippen LogP contribution in [0.5, 0.6) is 0 Å². The van der Waals surface area contributed by atoms with Crippen molar-refractivity contribution in [2.45, 2.75) is 33.1 Å². The fourth-order valence-electron chi connectivity index (χ4n) is 3.05. The molecule has 0 aromatic carbocycles. The van der Waals surface area contributed by atoms with Gasteiger partial charge in [-0.1, -0.05) is 0 Å². The molecule has 0 aliphatic heterocycles. The zero-order valence-corrected chi connectivity index (χ0v) is 14.1. The zero-order chi connectivity index (χ0) is 13.7. The number of hydrogen-bond donors (Lipinski definition) is 0. The van der Waals surface area contributed by atoms with E-state index >= 15 is 0 Å². The van der Waals surface area contributed by atoms with Crippen LogP contribution in [-0.2, 0) is 12.8 Å². The Morgan fingerprint density at radius 3 is 1.65 bits per heavy atom. The summed E-state index contributed by atoms with van der Waals surface area (Å²) in [7, 11) is 0. The van der Waals surface area contributed by atoms with E-state index in [0.717, 1.165) is 0 Å². The molecule has 0 nitrogen and oxygen atoms in total. The quantitative estimate of drug-likeness (QED) is 0.519. The maximum absolute atomic E-state index is 2.25. The van der Waals surface area contributed by atoms with Crippen LogP contribution in [0.15, 0.2) is 22.9 Å². The minimum absolute atomic E-state index is 1.27. The number of rotatable bonds is 2. The molecular weight excluding hydrogens is 300 g/mol. The van der Waals surface area contributed by atoms with Gasteiger partial charge >= 0.3 is 0 Å². The van der Waals surface area contributed by atoms with Crippen LogP contribution < -0.4 is 0 Å². The van der Waals surface area contributed by atoms with Crippen molar-refractivity contribution in [3.05, 3.63) is 45.1 Å². The van der Waals surface area contributed by atoms with Gasteiger partial charge in [-0.15, -0.1) is 34.0 Å². The first-order valence-corrected chi connectivity index (χ1v) is 9.56. The van der Waals surface area contributed by atoms with Crippen molar-refractivity contribution >= 4 is 34.0 Å². The third kappa shape index (κ3) is 1.84. The zero-order valence-electron chi connectivity index (χ0n) is 11.7. The van der Waals surface area contributed by atoms with Gasteiger partial charge in [0.2, 0.25) is 0 Å². The van der Waals surface area contributed by atoms with Gasteiger partial charge in [0.05, 0.1) is 0 Å². The summed E-state index contributed by atoms with van der Waals surface area (Å²) in [6.45, 7) is 4.48. The van der Waals surface area contributed by atoms with E-state index in [9.17, 15) is 0 Å². The molecule has 102 valence electrons. The summed E-state index contributed by atoms with van der Waals surface area (Å²) in [6.07, 6.45) is 3.86. The Labute approximate surface area is 131 Å². The van der Waals surface area contributed by atoms with E-state index in [1.165, 1.54) is 40.1 Å². The Balaban J connectivity index is 1.95. The molecule has 0 N–H and O–H groups in total. The fraction of sp³-hybridized carbons (Fsp3) is 0.294. The lowest BCUT2D eigenvalue weighted by Gasteiger charge is -1.99. The van der Waals surface area contributed by atoms with Crippen molar-refractivity contribution in [3.63, 3.8) is 0 Å². The summed E-state index contributed by atoms with van der Waals surface area (Å²) in [6, 6.07) is 4.49. The Morgan fingerprint density at radius 2 is 1.25 bits per heavy atom. The molecule has 0 amide bonds. The van der Waals surface area contributed by atoms with Crippen LogP contribution >= 0.6 is 34.0 Å². The molecule has 0 bridgehead atoms. The molecule has 3 aromatic rings. The number of aryl methyl sites for hydroxylation is 2. The molecule has 20 heavy (non-hydrogen) atoms. The standard InChI is InChI=1S/C17H16S3/c1-10-6-8-18-14(10)16-12-4-3-5-13(12)17(20-16)15-11(2)7-9-19-15/h6-9H,3-5H2,1-2H3. The SMILES string of the molecule is Cc1ccsc1-c1sc(-c2sccc2C)c2c1CCC2. The Morgan fingerprint density at radius 1 is 0.750 bits per heavy atom. The lowest BCUT2D eigenvalue weighted by atomic mass is 10.1. The highest BCUT2D eigenvalue weighted by molar-refractivity contribution is 7.26.